The molecule has 26 aromatic rings. The van der Waals surface area contributed by atoms with Gasteiger partial charge in [0, 0.05) is 27.9 Å². The van der Waals surface area contributed by atoms with Crippen LogP contribution in [-0.2, 0) is 10.8 Å². The summed E-state index contributed by atoms with van der Waals surface area (Å²) in [7, 11) is 0. The van der Waals surface area contributed by atoms with Crippen molar-refractivity contribution in [2.24, 2.45) is 0 Å². The smallest absolute Gasteiger partial charge is 0.248 e. The van der Waals surface area contributed by atoms with Gasteiger partial charge in [0.25, 0.3) is 0 Å². The molecule has 24 aromatic carbocycles. The van der Waals surface area contributed by atoms with Gasteiger partial charge in [-0.05, 0) is 286 Å². The molecule has 0 aliphatic heterocycles. The second kappa shape index (κ2) is 37.9. The molecule has 0 amide bonds. The average molecular weight is 1820 g/mol. The minimum atomic E-state index is 0.108. The molecule has 0 saturated heterocycles. The first-order chi connectivity index (χ1) is 69.7. The zero-order chi connectivity index (χ0) is 95.8. The Morgan fingerprint density at radius 2 is 0.415 bits per heavy atom. The summed E-state index contributed by atoms with van der Waals surface area (Å²) in [5.74, 6) is 2.74. The van der Waals surface area contributed by atoms with E-state index in [4.69, 9.17) is 4.42 Å². The van der Waals surface area contributed by atoms with Crippen LogP contribution in [-0.4, -0.2) is 25.0 Å². The van der Waals surface area contributed by atoms with Crippen LogP contribution in [0.1, 0.15) is 52.7 Å². The molecular weight excluding hydrogens is 1720 g/mol. The van der Waals surface area contributed by atoms with E-state index in [1.165, 1.54) is 191 Å². The lowest BCUT2D eigenvalue weighted by Gasteiger charge is -2.19. The van der Waals surface area contributed by atoms with E-state index >= 15 is 0 Å². The zero-order valence-electron chi connectivity index (χ0n) is 80.1. The Morgan fingerprint density at radius 1 is 0.162 bits per heavy atom. The van der Waals surface area contributed by atoms with Crippen LogP contribution < -0.4 is 0 Å². The first kappa shape index (κ1) is 88.2. The molecule has 676 valence electrons. The topological polar surface area (TPSA) is 69.6 Å². The molecule has 2 aromatic heterocycles. The van der Waals surface area contributed by atoms with Gasteiger partial charge in [-0.2, -0.15) is 0 Å². The van der Waals surface area contributed by atoms with Crippen molar-refractivity contribution < 1.29 is 4.42 Å². The predicted molar refractivity (Wildman–Crippen MR) is 601 cm³/mol. The van der Waals surface area contributed by atoms with Crippen LogP contribution in [0.4, 0.5) is 0 Å². The minimum absolute atomic E-state index is 0.108. The highest BCUT2D eigenvalue weighted by Gasteiger charge is 2.24. The van der Waals surface area contributed by atoms with Gasteiger partial charge in [-0.1, -0.05) is 466 Å². The molecule has 142 heavy (non-hydrogen) atoms. The highest BCUT2D eigenvalue weighted by Crippen LogP contribution is 2.47. The zero-order valence-corrected chi connectivity index (χ0v) is 80.1. The second-order valence-electron chi connectivity index (χ2n) is 38.8. The molecule has 0 radical (unpaired) electrons. The van der Waals surface area contributed by atoms with Gasteiger partial charge in [0.05, 0.1) is 0 Å². The first-order valence-electron chi connectivity index (χ1n) is 48.8. The maximum Gasteiger partial charge on any atom is 0.248 e. The first-order valence-corrected chi connectivity index (χ1v) is 48.8. The molecule has 2 heterocycles. The van der Waals surface area contributed by atoms with Gasteiger partial charge in [-0.3, -0.25) is 4.57 Å². The fourth-order valence-electron chi connectivity index (χ4n) is 20.3. The quantitative estimate of drug-likeness (QED) is 0.114. The van der Waals surface area contributed by atoms with E-state index in [0.717, 1.165) is 45.2 Å². The molecule has 0 atom stereocenters. The lowest BCUT2D eigenvalue weighted by Crippen LogP contribution is -2.10. The van der Waals surface area contributed by atoms with Gasteiger partial charge in [0.2, 0.25) is 11.8 Å². The van der Waals surface area contributed by atoms with Gasteiger partial charge >= 0.3 is 0 Å². The highest BCUT2D eigenvalue weighted by molar-refractivity contribution is 6.26. The maximum absolute atomic E-state index is 5.90. The number of fused-ring (bicyclic) bond motifs is 14. The summed E-state index contributed by atoms with van der Waals surface area (Å²) < 4.78 is 8.05. The third kappa shape index (κ3) is 17.6. The summed E-state index contributed by atoms with van der Waals surface area (Å²) >= 11 is 0. The minimum Gasteiger partial charge on any atom is -0.416 e. The number of rotatable bonds is 12. The summed E-state index contributed by atoms with van der Waals surface area (Å²) in [6.45, 7) is 13.3. The van der Waals surface area contributed by atoms with Gasteiger partial charge in [-0.15, -0.1) is 20.4 Å². The molecule has 26 rings (SSSR count). The summed E-state index contributed by atoms with van der Waals surface area (Å²) in [4.78, 5) is 0. The van der Waals surface area contributed by atoms with Crippen molar-refractivity contribution in [2.45, 2.75) is 52.4 Å². The Hall–Kier alpha value is -17.8. The Bertz CT molecular complexity index is 9010. The Labute approximate surface area is 827 Å². The molecule has 0 fully saturated rings. The van der Waals surface area contributed by atoms with Crippen LogP contribution >= 0.6 is 0 Å². The SMILES string of the molecule is CC(C)(C)c1ccc(-c2nnc(-c3ccc(-c4ccccc4)cc3)n2-c2ccccc2)cc1.CC(C)(C)c1ccc(-c2nnc(-c3ccc(-c4ccccc4)cc3)o2)cc1.c1ccc2cc(-c3cc4c5ccccc5c(-c5ccc(-c6cccc7ccccc67)cc5)cc4c4ccccc34)ccc2c1.c1ccc2cc(-c3cc4c5ccccc5c(-c5ccc6ccccc6c5)cc4c4ccccc34)ccc2c1. The van der Waals surface area contributed by atoms with Crippen LogP contribution in [0.3, 0.4) is 0 Å². The third-order valence-corrected chi connectivity index (χ3v) is 27.8. The van der Waals surface area contributed by atoms with Crippen LogP contribution in [0, 0.1) is 0 Å². The summed E-state index contributed by atoms with van der Waals surface area (Å²) in [6, 6.07) is 181. The fourth-order valence-corrected chi connectivity index (χ4v) is 20.3. The van der Waals surface area contributed by atoms with E-state index in [1.54, 1.807) is 0 Å². The average Bonchev–Trinajstić information content (AvgIpc) is 0.919. The van der Waals surface area contributed by atoms with Crippen molar-refractivity contribution in [3.63, 3.8) is 0 Å². The molecule has 6 heteroatoms. The number of para-hydroxylation sites is 1. The van der Waals surface area contributed by atoms with Gasteiger partial charge in [-0.25, -0.2) is 0 Å². The monoisotopic (exact) mass is 1820 g/mol. The van der Waals surface area contributed by atoms with E-state index in [9.17, 15) is 0 Å². The van der Waals surface area contributed by atoms with Gasteiger partial charge in [0.1, 0.15) is 0 Å². The van der Waals surface area contributed by atoms with E-state index in [-0.39, 0.29) is 10.8 Å². The van der Waals surface area contributed by atoms with E-state index in [2.05, 4.69) is 503 Å². The number of benzene rings is 24. The summed E-state index contributed by atoms with van der Waals surface area (Å²) in [5, 5.41) is 43.3. The fraction of sp³-hybridized carbons (Fsp3) is 0.0588. The molecule has 6 nitrogen and oxygen atoms in total. The van der Waals surface area contributed by atoms with Crippen molar-refractivity contribution in [1.82, 2.24) is 25.0 Å². The molecule has 0 aliphatic carbocycles. The van der Waals surface area contributed by atoms with E-state index in [0.29, 0.717) is 11.8 Å². The van der Waals surface area contributed by atoms with Gasteiger partial charge < -0.3 is 4.42 Å². The molecule has 0 unspecified atom stereocenters. The number of nitrogens with zero attached hydrogens (tertiary/aromatic N) is 5. The Morgan fingerprint density at radius 3 is 0.782 bits per heavy atom. The molecule has 0 bridgehead atoms. The van der Waals surface area contributed by atoms with Crippen LogP contribution in [0.25, 0.3) is 237 Å². The van der Waals surface area contributed by atoms with Crippen LogP contribution in [0.2, 0.25) is 0 Å². The highest BCUT2D eigenvalue weighted by atomic mass is 16.4. The number of hydrogen-bond acceptors (Lipinski definition) is 5. The third-order valence-electron chi connectivity index (χ3n) is 27.8. The van der Waals surface area contributed by atoms with Crippen molar-refractivity contribution in [2.75, 3.05) is 0 Å². The lowest BCUT2D eigenvalue weighted by molar-refractivity contribution is 0.582. The molecule has 0 spiro atoms. The molecular formula is C136H101N5O. The Balaban J connectivity index is 0.000000107. The van der Waals surface area contributed by atoms with Crippen LogP contribution in [0.5, 0.6) is 0 Å². The Kier molecular flexibility index (Phi) is 23.5. The molecule has 0 aliphatic rings. The second-order valence-corrected chi connectivity index (χ2v) is 38.8. The molecule has 0 saturated carbocycles. The van der Waals surface area contributed by atoms with Crippen LogP contribution in [0.15, 0.2) is 508 Å². The van der Waals surface area contributed by atoms with E-state index in [1.807, 2.05) is 66.7 Å². The van der Waals surface area contributed by atoms with Crippen molar-refractivity contribution in [3.8, 4) is 129 Å². The lowest BCUT2D eigenvalue weighted by atomic mass is 9.86. The van der Waals surface area contributed by atoms with Crippen molar-refractivity contribution >= 4 is 108 Å². The van der Waals surface area contributed by atoms with E-state index < -0.39 is 0 Å². The van der Waals surface area contributed by atoms with Gasteiger partial charge in [0.15, 0.2) is 11.6 Å². The maximum atomic E-state index is 5.90. The van der Waals surface area contributed by atoms with Crippen molar-refractivity contribution in [3.05, 3.63) is 515 Å². The standard InChI is InChI=1S/C44H28.C38H24.C30H27N3.C24H22N2O/c1-2-12-33-26-34(25-20-29(33)10-1)42-28-44-39-17-7-5-15-37(39)41(27-43(44)40-18-8-6-16-38(40)42)32-23-21-31(22-24-32)36-19-9-13-30-11-3-4-14-35(30)36;1-3-11-27-21-29(19-17-25(27)9-1)35-23-37-34-16-8-6-14-32(34)36(24-38(37)33-15-7-5-13-31(33)35)30-20-18-26-10-2-4-12-28(26)22-30;1-30(2,3)26-20-18-25(19-21-26)29-32-31-28(33(29)27-12-8-5-9-13-27)24-16-14-23(15-17-24)22-10-6-4-7-11-22;1-24(2,3)21-15-13-20(14-16-21)23-26-25-22(27-23)19-11-9-18(10-12-19)17-7-5-4-6-8-17/h1-28H;1-24H;4-21H,1-3H3;4-16H,1-3H3. The normalized spacial score (nSPS) is 11.6. The van der Waals surface area contributed by atoms with Crippen molar-refractivity contribution in [1.29, 1.82) is 0 Å². The largest absolute Gasteiger partial charge is 0.416 e. The predicted octanol–water partition coefficient (Wildman–Crippen LogP) is 37.2. The summed E-state index contributed by atoms with van der Waals surface area (Å²) in [5.41, 5.74) is 25.1. The summed E-state index contributed by atoms with van der Waals surface area (Å²) in [6.07, 6.45) is 0. The number of hydrogen-bond donors (Lipinski definition) is 0. The number of aromatic nitrogens is 5. The molecule has 0 N–H and O–H groups in total.